The van der Waals surface area contributed by atoms with Gasteiger partial charge in [-0.15, -0.1) is 8.78 Å². The van der Waals surface area contributed by atoms with Gasteiger partial charge >= 0.3 is 6.29 Å². The maximum Gasteiger partial charge on any atom is 0.586 e. The molecule has 12 heteroatoms. The maximum absolute atomic E-state index is 13.5. The summed E-state index contributed by atoms with van der Waals surface area (Å²) in [7, 11) is -3.66. The molecule has 0 radical (unpaired) electrons. The Morgan fingerprint density at radius 2 is 1.79 bits per heavy atom. The van der Waals surface area contributed by atoms with E-state index in [4.69, 9.17) is 4.74 Å². The van der Waals surface area contributed by atoms with E-state index in [0.717, 1.165) is 18.4 Å². The Kier molecular flexibility index (Phi) is 5.41. The molecule has 2 aromatic carbocycles. The van der Waals surface area contributed by atoms with Crippen LogP contribution in [0.1, 0.15) is 30.9 Å². The van der Waals surface area contributed by atoms with E-state index in [1.54, 1.807) is 37.3 Å². The van der Waals surface area contributed by atoms with Crippen LogP contribution in [-0.4, -0.2) is 38.3 Å². The van der Waals surface area contributed by atoms with Crippen molar-refractivity contribution in [2.45, 2.75) is 49.3 Å². The van der Waals surface area contributed by atoms with Crippen molar-refractivity contribution in [3.8, 4) is 28.5 Å². The van der Waals surface area contributed by atoms with Gasteiger partial charge in [0.05, 0.1) is 10.6 Å². The molecule has 2 aliphatic heterocycles. The highest BCUT2D eigenvalue weighted by molar-refractivity contribution is 7.89. The zero-order chi connectivity index (χ0) is 26.9. The molecule has 0 unspecified atom stereocenters. The topological polar surface area (TPSA) is 116 Å². The quantitative estimate of drug-likeness (QED) is 0.481. The Hall–Kier alpha value is -3.77. The number of sulfonamides is 1. The highest BCUT2D eigenvalue weighted by atomic mass is 32.2. The van der Waals surface area contributed by atoms with Gasteiger partial charge in [-0.1, -0.05) is 18.2 Å². The summed E-state index contributed by atoms with van der Waals surface area (Å²) < 4.78 is 69.7. The standard InChI is InChI=1S/C26H23F2N3O6S/c1-14-6-9-22(29-23(14)15-4-3-5-17(10-15)38(33,34)31-16-7-8-16)30-24(32)25(2)13-35-19-12-21-20(11-18(19)25)36-26(27,28)37-21/h3-6,9-12,16,31H,7-8,13H2,1-2H3,(H,29,30,32)/t25-/m0/s1. The first kappa shape index (κ1) is 24.6. The summed E-state index contributed by atoms with van der Waals surface area (Å²) in [5.41, 5.74) is 1.02. The first-order valence-corrected chi connectivity index (χ1v) is 13.4. The van der Waals surface area contributed by atoms with E-state index < -0.39 is 27.6 Å². The van der Waals surface area contributed by atoms with E-state index in [-0.39, 0.29) is 40.6 Å². The third kappa shape index (κ3) is 4.33. The average Bonchev–Trinajstić information content (AvgIpc) is 3.53. The third-order valence-corrected chi connectivity index (χ3v) is 8.29. The summed E-state index contributed by atoms with van der Waals surface area (Å²) in [5, 5.41) is 2.78. The molecule has 0 saturated heterocycles. The largest absolute Gasteiger partial charge is 0.586 e. The molecule has 1 fully saturated rings. The van der Waals surface area contributed by atoms with Crippen molar-refractivity contribution in [3.63, 3.8) is 0 Å². The minimum absolute atomic E-state index is 0.0234. The van der Waals surface area contributed by atoms with Crippen molar-refractivity contribution in [1.82, 2.24) is 9.71 Å². The monoisotopic (exact) mass is 543 g/mol. The van der Waals surface area contributed by atoms with Gasteiger partial charge in [0.1, 0.15) is 23.6 Å². The summed E-state index contributed by atoms with van der Waals surface area (Å²) in [6, 6.07) is 12.4. The minimum atomic E-state index is -3.79. The molecular weight excluding hydrogens is 520 g/mol. The molecule has 198 valence electrons. The van der Waals surface area contributed by atoms with Gasteiger partial charge in [-0.3, -0.25) is 4.79 Å². The van der Waals surface area contributed by atoms with Gasteiger partial charge in [0, 0.05) is 23.2 Å². The van der Waals surface area contributed by atoms with Crippen LogP contribution in [0, 0.1) is 6.92 Å². The van der Waals surface area contributed by atoms with Crippen molar-refractivity contribution in [1.29, 1.82) is 0 Å². The fraction of sp³-hybridized carbons (Fsp3) is 0.308. The molecule has 0 bridgehead atoms. The number of aryl methyl sites for hydroxylation is 1. The number of carbonyl (C=O) groups excluding carboxylic acids is 1. The van der Waals surface area contributed by atoms with Crippen molar-refractivity contribution >= 4 is 21.7 Å². The fourth-order valence-electron chi connectivity index (χ4n) is 4.46. The minimum Gasteiger partial charge on any atom is -0.492 e. The molecule has 1 aromatic heterocycles. The maximum atomic E-state index is 13.5. The van der Waals surface area contributed by atoms with Gasteiger partial charge in [0.15, 0.2) is 11.5 Å². The van der Waals surface area contributed by atoms with Gasteiger partial charge in [-0.05, 0) is 56.5 Å². The number of hydrogen-bond acceptors (Lipinski definition) is 7. The average molecular weight is 544 g/mol. The predicted octanol–water partition coefficient (Wildman–Crippen LogP) is 4.11. The Morgan fingerprint density at radius 1 is 1.05 bits per heavy atom. The molecule has 0 spiro atoms. The highest BCUT2D eigenvalue weighted by Gasteiger charge is 2.49. The first-order chi connectivity index (χ1) is 17.9. The second kappa shape index (κ2) is 8.37. The van der Waals surface area contributed by atoms with Crippen LogP contribution in [0.3, 0.4) is 0 Å². The number of amides is 1. The number of pyridine rings is 1. The molecule has 1 atom stereocenters. The number of nitrogens with one attached hydrogen (secondary N) is 2. The molecule has 2 N–H and O–H groups in total. The normalized spacial score (nSPS) is 21.1. The number of halogens is 2. The van der Waals surface area contributed by atoms with E-state index in [0.29, 0.717) is 16.8 Å². The number of ether oxygens (including phenoxy) is 3. The van der Waals surface area contributed by atoms with Gasteiger partial charge in [0.2, 0.25) is 15.9 Å². The molecule has 38 heavy (non-hydrogen) atoms. The Labute approximate surface area is 217 Å². The molecule has 3 aromatic rings. The number of benzene rings is 2. The Balaban J connectivity index is 1.27. The number of rotatable bonds is 6. The molecule has 6 rings (SSSR count). The van der Waals surface area contributed by atoms with E-state index in [1.807, 2.05) is 6.92 Å². The van der Waals surface area contributed by atoms with Crippen LogP contribution < -0.4 is 24.2 Å². The smallest absolute Gasteiger partial charge is 0.492 e. The fourth-order valence-corrected chi connectivity index (χ4v) is 5.81. The number of aromatic nitrogens is 1. The SMILES string of the molecule is Cc1ccc(NC(=O)[C@@]2(C)COc3cc4c(cc32)OC(F)(F)O4)nc1-c1cccc(S(=O)(=O)NC2CC2)c1. The summed E-state index contributed by atoms with van der Waals surface area (Å²) in [4.78, 5) is 18.1. The van der Waals surface area contributed by atoms with Crippen molar-refractivity contribution < 1.29 is 36.2 Å². The van der Waals surface area contributed by atoms with Gasteiger partial charge in [-0.25, -0.2) is 18.1 Å². The second-order valence-corrected chi connectivity index (χ2v) is 11.5. The van der Waals surface area contributed by atoms with Crippen molar-refractivity contribution in [2.75, 3.05) is 11.9 Å². The van der Waals surface area contributed by atoms with Crippen molar-refractivity contribution in [3.05, 3.63) is 59.7 Å². The number of nitrogens with zero attached hydrogens (tertiary/aromatic N) is 1. The highest BCUT2D eigenvalue weighted by Crippen LogP contribution is 2.50. The first-order valence-electron chi connectivity index (χ1n) is 11.9. The summed E-state index contributed by atoms with van der Waals surface area (Å²) in [5.74, 6) is -0.325. The van der Waals surface area contributed by atoms with E-state index >= 15 is 0 Å². The van der Waals surface area contributed by atoms with Crippen LogP contribution in [-0.2, 0) is 20.2 Å². The van der Waals surface area contributed by atoms with Gasteiger partial charge < -0.3 is 19.5 Å². The van der Waals surface area contributed by atoms with E-state index in [2.05, 4.69) is 24.5 Å². The number of anilines is 1. The van der Waals surface area contributed by atoms with Gasteiger partial charge in [0.25, 0.3) is 0 Å². The lowest BCUT2D eigenvalue weighted by atomic mass is 9.83. The molecule has 3 heterocycles. The Morgan fingerprint density at radius 3 is 2.53 bits per heavy atom. The second-order valence-electron chi connectivity index (χ2n) is 9.82. The van der Waals surface area contributed by atoms with Crippen LogP contribution in [0.15, 0.2) is 53.4 Å². The van der Waals surface area contributed by atoms with Crippen LogP contribution in [0.25, 0.3) is 11.3 Å². The molecule has 1 aliphatic carbocycles. The molecule has 3 aliphatic rings. The zero-order valence-corrected chi connectivity index (χ0v) is 21.2. The lowest BCUT2D eigenvalue weighted by Crippen LogP contribution is -2.39. The Bertz CT molecular complexity index is 1590. The molecule has 1 amide bonds. The predicted molar refractivity (Wildman–Crippen MR) is 132 cm³/mol. The number of alkyl halides is 2. The van der Waals surface area contributed by atoms with Crippen molar-refractivity contribution in [2.24, 2.45) is 0 Å². The zero-order valence-electron chi connectivity index (χ0n) is 20.4. The van der Waals surface area contributed by atoms with E-state index in [9.17, 15) is 22.0 Å². The van der Waals surface area contributed by atoms with Crippen LogP contribution in [0.2, 0.25) is 0 Å². The lowest BCUT2D eigenvalue weighted by Gasteiger charge is -2.22. The number of carbonyl (C=O) groups is 1. The lowest BCUT2D eigenvalue weighted by molar-refractivity contribution is -0.286. The van der Waals surface area contributed by atoms with Crippen LogP contribution in [0.4, 0.5) is 14.6 Å². The molecule has 9 nitrogen and oxygen atoms in total. The van der Waals surface area contributed by atoms with Gasteiger partial charge in [-0.2, -0.15) is 0 Å². The number of hydrogen-bond donors (Lipinski definition) is 2. The summed E-state index contributed by atoms with van der Waals surface area (Å²) in [6.07, 6.45) is -2.14. The summed E-state index contributed by atoms with van der Waals surface area (Å²) in [6.45, 7) is 3.43. The number of fused-ring (bicyclic) bond motifs is 2. The van der Waals surface area contributed by atoms with Crippen LogP contribution >= 0.6 is 0 Å². The third-order valence-electron chi connectivity index (χ3n) is 6.77. The molecular formula is C26H23F2N3O6S. The van der Waals surface area contributed by atoms with Crippen LogP contribution in [0.5, 0.6) is 17.2 Å². The van der Waals surface area contributed by atoms with E-state index in [1.165, 1.54) is 18.2 Å². The summed E-state index contributed by atoms with van der Waals surface area (Å²) >= 11 is 0. The molecule has 1 saturated carbocycles.